The minimum absolute atomic E-state index is 0.0904. The van der Waals surface area contributed by atoms with Gasteiger partial charge in [0, 0.05) is 15.8 Å². The maximum absolute atomic E-state index is 13.5. The molecule has 164 valence electrons. The number of rotatable bonds is 5. The molecule has 7 heteroatoms. The monoisotopic (exact) mass is 517 g/mol. The van der Waals surface area contributed by atoms with Gasteiger partial charge in [0.15, 0.2) is 0 Å². The minimum atomic E-state index is -0.542. The number of amides is 2. The molecule has 1 aliphatic heterocycles. The van der Waals surface area contributed by atoms with E-state index < -0.39 is 11.2 Å². The Morgan fingerprint density at radius 2 is 1.73 bits per heavy atom. The van der Waals surface area contributed by atoms with E-state index in [0.717, 1.165) is 15.6 Å². The van der Waals surface area contributed by atoms with Crippen LogP contribution in [0, 0.1) is 18.3 Å². The lowest BCUT2D eigenvalue weighted by Crippen LogP contribution is -2.30. The van der Waals surface area contributed by atoms with Crippen molar-refractivity contribution >= 4 is 50.9 Å². The summed E-state index contributed by atoms with van der Waals surface area (Å²) in [6, 6.07) is 26.3. The summed E-state index contributed by atoms with van der Waals surface area (Å²) in [4.78, 5) is 28.0. The topological polar surface area (TPSA) is 73.2 Å². The highest BCUT2D eigenvalue weighted by Crippen LogP contribution is 2.42. The molecule has 33 heavy (non-hydrogen) atoms. The van der Waals surface area contributed by atoms with Crippen LogP contribution in [0.1, 0.15) is 11.1 Å². The van der Waals surface area contributed by atoms with Gasteiger partial charge in [0.05, 0.1) is 5.25 Å². The van der Waals surface area contributed by atoms with Crippen LogP contribution in [0.3, 0.4) is 0 Å². The van der Waals surface area contributed by atoms with E-state index in [1.54, 1.807) is 24.3 Å². The van der Waals surface area contributed by atoms with Crippen molar-refractivity contribution in [2.45, 2.75) is 18.6 Å². The smallest absolute Gasteiger partial charge is 0.269 e. The quantitative estimate of drug-likeness (QED) is 0.341. The zero-order valence-corrected chi connectivity index (χ0v) is 20.2. The van der Waals surface area contributed by atoms with Crippen molar-refractivity contribution in [2.75, 3.05) is 10.2 Å². The Labute approximate surface area is 205 Å². The molecule has 0 saturated carbocycles. The molecule has 3 aromatic carbocycles. The molecule has 1 unspecified atom stereocenters. The molecule has 1 atom stereocenters. The lowest BCUT2D eigenvalue weighted by atomic mass is 10.1. The molecule has 1 saturated heterocycles. The molecule has 5 nitrogen and oxygen atoms in total. The zero-order chi connectivity index (χ0) is 23.4. The Hall–Kier alpha value is -3.34. The van der Waals surface area contributed by atoms with Gasteiger partial charge in [0.1, 0.15) is 16.7 Å². The molecule has 4 rings (SSSR count). The number of nitrogens with one attached hydrogen (secondary N) is 1. The van der Waals surface area contributed by atoms with Crippen molar-refractivity contribution in [3.8, 4) is 6.07 Å². The van der Waals surface area contributed by atoms with Gasteiger partial charge in [-0.1, -0.05) is 75.7 Å². The van der Waals surface area contributed by atoms with E-state index in [1.165, 1.54) is 16.7 Å². The van der Waals surface area contributed by atoms with Crippen molar-refractivity contribution in [1.29, 1.82) is 5.26 Å². The molecule has 1 fully saturated rings. The Kier molecular flexibility index (Phi) is 6.97. The molecule has 0 aliphatic carbocycles. The first-order chi connectivity index (χ1) is 16.0. The fourth-order valence-corrected chi connectivity index (χ4v) is 5.04. The van der Waals surface area contributed by atoms with Crippen molar-refractivity contribution < 1.29 is 9.59 Å². The van der Waals surface area contributed by atoms with Crippen molar-refractivity contribution in [1.82, 2.24) is 0 Å². The molecule has 3 aromatic rings. The molecule has 2 amide bonds. The number of carbonyl (C=O) groups is 2. The maximum Gasteiger partial charge on any atom is 0.269 e. The first kappa shape index (κ1) is 22.8. The highest BCUT2D eigenvalue weighted by Gasteiger charge is 2.40. The van der Waals surface area contributed by atoms with Crippen LogP contribution < -0.4 is 10.2 Å². The molecule has 1 N–H and O–H groups in total. The Bertz CT molecular complexity index is 1250. The van der Waals surface area contributed by atoms with Crippen LogP contribution in [0.15, 0.2) is 93.9 Å². The fourth-order valence-electron chi connectivity index (χ4n) is 3.47. The number of benzene rings is 3. The third-order valence-corrected chi connectivity index (χ3v) is 6.96. The third-order valence-electron chi connectivity index (χ3n) is 5.16. The summed E-state index contributed by atoms with van der Waals surface area (Å²) in [5, 5.41) is 12.6. The van der Waals surface area contributed by atoms with Crippen LogP contribution in [0.25, 0.3) is 0 Å². The van der Waals surface area contributed by atoms with Crippen LogP contribution in [-0.2, 0) is 16.0 Å². The SMILES string of the molecule is Cc1ccc(NC(=O)C(C#N)=C2SC(Cc3ccccc3)C(=O)N2c2ccc(Br)cc2)cc1. The van der Waals surface area contributed by atoms with E-state index in [-0.39, 0.29) is 11.5 Å². The number of halogens is 1. The summed E-state index contributed by atoms with van der Waals surface area (Å²) in [5.41, 5.74) is 3.19. The van der Waals surface area contributed by atoms with Crippen molar-refractivity contribution in [2.24, 2.45) is 0 Å². The number of thioether (sulfide) groups is 1. The van der Waals surface area contributed by atoms with Crippen LogP contribution in [-0.4, -0.2) is 17.1 Å². The van der Waals surface area contributed by atoms with Crippen LogP contribution >= 0.6 is 27.7 Å². The third kappa shape index (κ3) is 5.19. The molecule has 1 heterocycles. The van der Waals surface area contributed by atoms with Crippen molar-refractivity contribution in [3.05, 3.63) is 105 Å². The van der Waals surface area contributed by atoms with Gasteiger partial charge >= 0.3 is 0 Å². The Balaban J connectivity index is 1.72. The molecule has 0 radical (unpaired) electrons. The minimum Gasteiger partial charge on any atom is -0.321 e. The van der Waals surface area contributed by atoms with Crippen molar-refractivity contribution in [3.63, 3.8) is 0 Å². The second-order valence-electron chi connectivity index (χ2n) is 7.56. The Morgan fingerprint density at radius 3 is 2.36 bits per heavy atom. The predicted octanol–water partition coefficient (Wildman–Crippen LogP) is 5.82. The van der Waals surface area contributed by atoms with Gasteiger partial charge < -0.3 is 5.32 Å². The fraction of sp³-hybridized carbons (Fsp3) is 0.115. The van der Waals surface area contributed by atoms with E-state index >= 15 is 0 Å². The van der Waals surface area contributed by atoms with Gasteiger partial charge in [-0.15, -0.1) is 0 Å². The number of hydrogen-bond acceptors (Lipinski definition) is 4. The van der Waals surface area contributed by atoms with Gasteiger partial charge in [-0.25, -0.2) is 0 Å². The summed E-state index contributed by atoms with van der Waals surface area (Å²) in [6.45, 7) is 1.96. The highest BCUT2D eigenvalue weighted by atomic mass is 79.9. The molecule has 0 bridgehead atoms. The van der Waals surface area contributed by atoms with E-state index in [9.17, 15) is 14.9 Å². The second kappa shape index (κ2) is 10.1. The normalized spacial score (nSPS) is 16.9. The van der Waals surface area contributed by atoms with Crippen LogP contribution in [0.4, 0.5) is 11.4 Å². The summed E-state index contributed by atoms with van der Waals surface area (Å²) in [7, 11) is 0. The van der Waals surface area contributed by atoms with Gasteiger partial charge in [-0.2, -0.15) is 5.26 Å². The second-order valence-corrected chi connectivity index (χ2v) is 9.67. The number of carbonyl (C=O) groups excluding carboxylic acids is 2. The maximum atomic E-state index is 13.5. The standard InChI is InChI=1S/C26H20BrN3O2S/c1-17-7-11-20(12-8-17)29-24(31)22(16-28)26-30(21-13-9-19(27)10-14-21)25(32)23(33-26)15-18-5-3-2-4-6-18/h2-14,23H,15H2,1H3,(H,29,31). The number of aryl methyl sites for hydroxylation is 1. The molecule has 0 aromatic heterocycles. The summed E-state index contributed by atoms with van der Waals surface area (Å²) < 4.78 is 0.870. The number of nitrogens with zero attached hydrogens (tertiary/aromatic N) is 2. The van der Waals surface area contributed by atoms with Gasteiger partial charge in [0.2, 0.25) is 5.91 Å². The number of nitriles is 1. The summed E-state index contributed by atoms with van der Waals surface area (Å²) >= 11 is 4.67. The largest absolute Gasteiger partial charge is 0.321 e. The molecular formula is C26H20BrN3O2S. The predicted molar refractivity (Wildman–Crippen MR) is 136 cm³/mol. The highest BCUT2D eigenvalue weighted by molar-refractivity contribution is 9.10. The average Bonchev–Trinajstić information content (AvgIpc) is 3.12. The first-order valence-electron chi connectivity index (χ1n) is 10.3. The Morgan fingerprint density at radius 1 is 1.06 bits per heavy atom. The van der Waals surface area contributed by atoms with Gasteiger partial charge in [0.25, 0.3) is 5.91 Å². The van der Waals surface area contributed by atoms with Crippen LogP contribution in [0.2, 0.25) is 0 Å². The average molecular weight is 518 g/mol. The number of anilines is 2. The van der Waals surface area contributed by atoms with E-state index in [2.05, 4.69) is 21.2 Å². The van der Waals surface area contributed by atoms with Gasteiger partial charge in [-0.3, -0.25) is 14.5 Å². The first-order valence-corrected chi connectivity index (χ1v) is 12.0. The molecule has 1 aliphatic rings. The molecular weight excluding hydrogens is 498 g/mol. The number of hydrogen-bond donors (Lipinski definition) is 1. The zero-order valence-electron chi connectivity index (χ0n) is 17.8. The van der Waals surface area contributed by atoms with E-state index in [0.29, 0.717) is 22.8 Å². The lowest BCUT2D eigenvalue weighted by Gasteiger charge is -2.19. The lowest BCUT2D eigenvalue weighted by molar-refractivity contribution is -0.117. The van der Waals surface area contributed by atoms with E-state index in [1.807, 2.05) is 67.6 Å². The van der Waals surface area contributed by atoms with Crippen LogP contribution in [0.5, 0.6) is 0 Å². The summed E-state index contributed by atoms with van der Waals surface area (Å²) in [5.74, 6) is -0.698. The van der Waals surface area contributed by atoms with Gasteiger partial charge in [-0.05, 0) is 55.3 Å². The molecule has 0 spiro atoms. The van der Waals surface area contributed by atoms with E-state index in [4.69, 9.17) is 0 Å². The summed E-state index contributed by atoms with van der Waals surface area (Å²) in [6.07, 6.45) is 0.499.